The van der Waals surface area contributed by atoms with Gasteiger partial charge in [0.1, 0.15) is 0 Å². The van der Waals surface area contributed by atoms with Crippen molar-refractivity contribution in [1.82, 2.24) is 4.31 Å². The fraction of sp³-hybridized carbons (Fsp3) is 0.556. The molecule has 3 aliphatic rings. The lowest BCUT2D eigenvalue weighted by atomic mass is 9.83. The molecule has 3 fully saturated rings. The van der Waals surface area contributed by atoms with Crippen molar-refractivity contribution in [3.63, 3.8) is 0 Å². The number of allylic oxidation sites excluding steroid dienone is 1. The Kier molecular flexibility index (Phi) is 3.61. The van der Waals surface area contributed by atoms with Crippen molar-refractivity contribution in [2.75, 3.05) is 0 Å². The Balaban J connectivity index is 1.56. The van der Waals surface area contributed by atoms with Gasteiger partial charge >= 0.3 is 0 Å². The highest BCUT2D eigenvalue weighted by atomic mass is 32.2. The highest BCUT2D eigenvalue weighted by molar-refractivity contribution is 7.88. The highest BCUT2D eigenvalue weighted by Crippen LogP contribution is 2.44. The first-order valence-electron chi connectivity index (χ1n) is 8.38. The first-order chi connectivity index (χ1) is 10.6. The minimum absolute atomic E-state index is 0.146. The van der Waals surface area contributed by atoms with E-state index >= 15 is 0 Å². The Morgan fingerprint density at radius 2 is 1.59 bits per heavy atom. The van der Waals surface area contributed by atoms with Crippen molar-refractivity contribution >= 4 is 10.0 Å². The molecular formula is C18H23NO2S. The Bertz CT molecular complexity index is 671. The van der Waals surface area contributed by atoms with Crippen LogP contribution in [0.15, 0.2) is 41.5 Å². The van der Waals surface area contributed by atoms with Crippen LogP contribution in [-0.2, 0) is 15.8 Å². The van der Waals surface area contributed by atoms with Crippen LogP contribution in [0.2, 0.25) is 0 Å². The lowest BCUT2D eigenvalue weighted by molar-refractivity contribution is 0.281. The summed E-state index contributed by atoms with van der Waals surface area (Å²) in [6.45, 7) is 0. The molecule has 2 atom stereocenters. The molecule has 0 spiro atoms. The van der Waals surface area contributed by atoms with Crippen molar-refractivity contribution < 1.29 is 8.42 Å². The van der Waals surface area contributed by atoms with Gasteiger partial charge in [0, 0.05) is 12.1 Å². The molecule has 1 saturated carbocycles. The second-order valence-electron chi connectivity index (χ2n) is 6.93. The molecule has 2 saturated heterocycles. The maximum absolute atomic E-state index is 12.9. The minimum Gasteiger partial charge on any atom is -0.212 e. The second-order valence-corrected chi connectivity index (χ2v) is 8.80. The monoisotopic (exact) mass is 317 g/mol. The summed E-state index contributed by atoms with van der Waals surface area (Å²) in [6.07, 6.45) is 7.88. The molecule has 2 unspecified atom stereocenters. The van der Waals surface area contributed by atoms with Crippen molar-refractivity contribution in [3.8, 4) is 0 Å². The lowest BCUT2D eigenvalue weighted by Crippen LogP contribution is -2.45. The molecule has 1 aromatic carbocycles. The molecule has 0 radical (unpaired) electrons. The second kappa shape index (κ2) is 5.50. The number of sulfonamides is 1. The van der Waals surface area contributed by atoms with Crippen LogP contribution in [0, 0.1) is 0 Å². The van der Waals surface area contributed by atoms with Crippen LogP contribution in [0.4, 0.5) is 0 Å². The van der Waals surface area contributed by atoms with E-state index in [0.29, 0.717) is 0 Å². The van der Waals surface area contributed by atoms with Gasteiger partial charge in [0.2, 0.25) is 10.0 Å². The first-order valence-corrected chi connectivity index (χ1v) is 9.99. The number of hydrogen-bond acceptors (Lipinski definition) is 2. The molecule has 118 valence electrons. The third-order valence-electron chi connectivity index (χ3n) is 5.49. The SMILES string of the molecule is O=S(=O)(Cc1ccccc1)N1C2CCC1CC(=C1CCC1)C2. The summed E-state index contributed by atoms with van der Waals surface area (Å²) in [5, 5.41) is 0. The summed E-state index contributed by atoms with van der Waals surface area (Å²) in [5.74, 6) is 0.146. The molecule has 2 bridgehead atoms. The van der Waals surface area contributed by atoms with E-state index in [1.165, 1.54) is 19.3 Å². The van der Waals surface area contributed by atoms with Gasteiger partial charge in [0.25, 0.3) is 0 Å². The molecule has 0 amide bonds. The van der Waals surface area contributed by atoms with Gasteiger partial charge in [-0.25, -0.2) is 8.42 Å². The summed E-state index contributed by atoms with van der Waals surface area (Å²) >= 11 is 0. The summed E-state index contributed by atoms with van der Waals surface area (Å²) in [6, 6.07) is 10.0. The van der Waals surface area contributed by atoms with Gasteiger partial charge in [-0.3, -0.25) is 0 Å². The van der Waals surface area contributed by atoms with E-state index in [4.69, 9.17) is 0 Å². The smallest absolute Gasteiger partial charge is 0.212 e. The average molecular weight is 317 g/mol. The Labute approximate surface area is 133 Å². The predicted molar refractivity (Wildman–Crippen MR) is 87.8 cm³/mol. The first kappa shape index (κ1) is 14.5. The van der Waals surface area contributed by atoms with E-state index < -0.39 is 10.0 Å². The van der Waals surface area contributed by atoms with Crippen LogP contribution in [-0.4, -0.2) is 24.8 Å². The van der Waals surface area contributed by atoms with E-state index in [1.54, 1.807) is 11.1 Å². The molecule has 1 aromatic rings. The van der Waals surface area contributed by atoms with Crippen LogP contribution in [0.25, 0.3) is 0 Å². The fourth-order valence-corrected chi connectivity index (χ4v) is 6.31. The third kappa shape index (κ3) is 2.52. The summed E-state index contributed by atoms with van der Waals surface area (Å²) in [4.78, 5) is 0. The zero-order chi connectivity index (χ0) is 15.2. The van der Waals surface area contributed by atoms with Crippen LogP contribution >= 0.6 is 0 Å². The van der Waals surface area contributed by atoms with E-state index in [9.17, 15) is 8.42 Å². The summed E-state index contributed by atoms with van der Waals surface area (Å²) < 4.78 is 27.6. The molecule has 1 aliphatic carbocycles. The van der Waals surface area contributed by atoms with Gasteiger partial charge in [-0.05, 0) is 50.5 Å². The molecule has 2 heterocycles. The van der Waals surface area contributed by atoms with E-state index in [2.05, 4.69) is 0 Å². The molecule has 4 rings (SSSR count). The fourth-order valence-electron chi connectivity index (χ4n) is 4.28. The average Bonchev–Trinajstić information content (AvgIpc) is 2.71. The number of fused-ring (bicyclic) bond motifs is 2. The molecule has 3 nitrogen and oxygen atoms in total. The Morgan fingerprint density at radius 3 is 2.14 bits per heavy atom. The number of benzene rings is 1. The van der Waals surface area contributed by atoms with E-state index in [1.807, 2.05) is 34.6 Å². The number of piperidine rings is 1. The van der Waals surface area contributed by atoms with Gasteiger partial charge in [0.05, 0.1) is 5.75 Å². The van der Waals surface area contributed by atoms with Crippen LogP contribution in [0.5, 0.6) is 0 Å². The summed E-state index contributed by atoms with van der Waals surface area (Å²) in [7, 11) is -3.20. The van der Waals surface area contributed by atoms with E-state index in [-0.39, 0.29) is 17.8 Å². The topological polar surface area (TPSA) is 37.4 Å². The minimum atomic E-state index is -3.20. The Hall–Kier alpha value is -1.13. The van der Waals surface area contributed by atoms with Crippen LogP contribution in [0.3, 0.4) is 0 Å². The molecule has 0 N–H and O–H groups in total. The van der Waals surface area contributed by atoms with Crippen molar-refractivity contribution in [2.45, 2.75) is 62.8 Å². The van der Waals surface area contributed by atoms with Gasteiger partial charge in [-0.2, -0.15) is 4.31 Å². The molecule has 2 aliphatic heterocycles. The molecule has 4 heteroatoms. The lowest BCUT2D eigenvalue weighted by Gasteiger charge is -2.37. The van der Waals surface area contributed by atoms with Gasteiger partial charge in [0.15, 0.2) is 0 Å². The quantitative estimate of drug-likeness (QED) is 0.798. The van der Waals surface area contributed by atoms with E-state index in [0.717, 1.165) is 31.2 Å². The standard InChI is InChI=1S/C18H23NO2S/c20-22(21,13-14-5-2-1-3-6-14)19-17-9-10-18(19)12-16(11-17)15-7-4-8-15/h1-3,5-6,17-18H,4,7-13H2. The summed E-state index contributed by atoms with van der Waals surface area (Å²) in [5.41, 5.74) is 4.12. The van der Waals surface area contributed by atoms with Crippen molar-refractivity contribution in [3.05, 3.63) is 47.0 Å². The number of nitrogens with zero attached hydrogens (tertiary/aromatic N) is 1. The maximum atomic E-state index is 12.9. The highest BCUT2D eigenvalue weighted by Gasteiger charge is 2.45. The molecule has 0 aromatic heterocycles. The van der Waals surface area contributed by atoms with Crippen molar-refractivity contribution in [1.29, 1.82) is 0 Å². The normalized spacial score (nSPS) is 28.7. The van der Waals surface area contributed by atoms with Crippen LogP contribution in [0.1, 0.15) is 50.5 Å². The zero-order valence-electron chi connectivity index (χ0n) is 12.9. The zero-order valence-corrected chi connectivity index (χ0v) is 13.7. The van der Waals surface area contributed by atoms with Gasteiger partial charge in [-0.15, -0.1) is 0 Å². The van der Waals surface area contributed by atoms with Crippen LogP contribution < -0.4 is 0 Å². The molecule has 22 heavy (non-hydrogen) atoms. The predicted octanol–water partition coefficient (Wildman–Crippen LogP) is 3.62. The maximum Gasteiger partial charge on any atom is 0.218 e. The van der Waals surface area contributed by atoms with Gasteiger partial charge in [-0.1, -0.05) is 41.5 Å². The number of rotatable bonds is 3. The molecular weight excluding hydrogens is 294 g/mol. The number of hydrogen-bond donors (Lipinski definition) is 0. The Morgan fingerprint density at radius 1 is 0.955 bits per heavy atom. The third-order valence-corrected chi connectivity index (χ3v) is 7.42. The van der Waals surface area contributed by atoms with Gasteiger partial charge < -0.3 is 0 Å². The van der Waals surface area contributed by atoms with Crippen molar-refractivity contribution in [2.24, 2.45) is 0 Å². The largest absolute Gasteiger partial charge is 0.218 e.